The average Bonchev–Trinajstić information content (AvgIpc) is 3.59. The van der Waals surface area contributed by atoms with Crippen LogP contribution in [0.1, 0.15) is 40.7 Å². The molecule has 1 aliphatic carbocycles. The number of fused-ring (bicyclic) bond motifs is 3. The fourth-order valence-corrected chi connectivity index (χ4v) is 4.37. The van der Waals surface area contributed by atoms with Crippen LogP contribution in [0.2, 0.25) is 0 Å². The summed E-state index contributed by atoms with van der Waals surface area (Å²) in [5, 5.41) is 0. The fraction of sp³-hybridized carbons (Fsp3) is 0.500. The molecule has 1 aromatic carbocycles. The maximum absolute atomic E-state index is 12.7. The maximum Gasteiger partial charge on any atom is 0.197 e. The lowest BCUT2D eigenvalue weighted by molar-refractivity contribution is -0.102. The smallest absolute Gasteiger partial charge is 0.197 e. The number of rotatable bonds is 6. The van der Waals surface area contributed by atoms with E-state index in [1.807, 2.05) is 25.1 Å². The number of ketones is 1. The van der Waals surface area contributed by atoms with Crippen molar-refractivity contribution >= 4 is 5.78 Å². The molecule has 3 heterocycles. The Bertz CT molecular complexity index is 1030. The van der Waals surface area contributed by atoms with E-state index in [-0.39, 0.29) is 17.3 Å². The minimum absolute atomic E-state index is 0.0428. The van der Waals surface area contributed by atoms with Gasteiger partial charge >= 0.3 is 0 Å². The van der Waals surface area contributed by atoms with Gasteiger partial charge in [-0.25, -0.2) is 0 Å². The molecule has 6 nitrogen and oxygen atoms in total. The molecule has 1 saturated heterocycles. The minimum atomic E-state index is -0.123. The zero-order chi connectivity index (χ0) is 20.7. The molecule has 1 saturated carbocycles. The SMILES string of the molecule is Cc1c2n(c(OC[C@@H]3COCCO3)cc1=O)CCc1cc(C(=O)CC3CC3)ccc1-2. The van der Waals surface area contributed by atoms with Gasteiger partial charge in [-0.05, 0) is 43.7 Å². The Labute approximate surface area is 175 Å². The van der Waals surface area contributed by atoms with Crippen molar-refractivity contribution in [3.8, 4) is 17.1 Å². The molecule has 0 N–H and O–H groups in total. The first-order valence-electron chi connectivity index (χ1n) is 10.8. The molecule has 0 spiro atoms. The van der Waals surface area contributed by atoms with Crippen molar-refractivity contribution < 1.29 is 19.0 Å². The first-order chi connectivity index (χ1) is 14.6. The number of aromatic nitrogens is 1. The number of ether oxygens (including phenoxy) is 3. The summed E-state index contributed by atoms with van der Waals surface area (Å²) in [5.74, 6) is 1.37. The monoisotopic (exact) mass is 409 g/mol. The van der Waals surface area contributed by atoms with Gasteiger partial charge in [0.1, 0.15) is 12.7 Å². The van der Waals surface area contributed by atoms with Gasteiger partial charge in [0.2, 0.25) is 0 Å². The van der Waals surface area contributed by atoms with Crippen LogP contribution in [0, 0.1) is 12.8 Å². The van der Waals surface area contributed by atoms with Gasteiger partial charge in [0.15, 0.2) is 17.1 Å². The highest BCUT2D eigenvalue weighted by atomic mass is 16.6. The minimum Gasteiger partial charge on any atom is -0.476 e. The lowest BCUT2D eigenvalue weighted by Crippen LogP contribution is -2.34. The predicted octanol–water partition coefficient (Wildman–Crippen LogP) is 3.16. The normalized spacial score (nSPS) is 20.4. The van der Waals surface area contributed by atoms with Crippen molar-refractivity contribution in [3.63, 3.8) is 0 Å². The second-order valence-corrected chi connectivity index (χ2v) is 8.54. The molecular formula is C24H27NO5. The number of pyridine rings is 1. The van der Waals surface area contributed by atoms with Crippen molar-refractivity contribution in [1.82, 2.24) is 4.57 Å². The molecule has 0 amide bonds. The van der Waals surface area contributed by atoms with Crippen LogP contribution in [0.15, 0.2) is 29.1 Å². The van der Waals surface area contributed by atoms with E-state index < -0.39 is 0 Å². The molecular weight excluding hydrogens is 382 g/mol. The fourth-order valence-electron chi connectivity index (χ4n) is 4.37. The summed E-state index contributed by atoms with van der Waals surface area (Å²) in [6.07, 6.45) is 3.68. The number of benzene rings is 1. The first-order valence-corrected chi connectivity index (χ1v) is 10.8. The van der Waals surface area contributed by atoms with Crippen molar-refractivity contribution in [1.29, 1.82) is 0 Å². The Balaban J connectivity index is 1.45. The van der Waals surface area contributed by atoms with Crippen LogP contribution in [-0.2, 0) is 22.4 Å². The van der Waals surface area contributed by atoms with Crippen molar-refractivity contribution in [2.24, 2.45) is 5.92 Å². The van der Waals surface area contributed by atoms with E-state index in [0.29, 0.717) is 56.8 Å². The Kier molecular flexibility index (Phi) is 5.21. The van der Waals surface area contributed by atoms with Gasteiger partial charge in [-0.15, -0.1) is 0 Å². The molecule has 3 aliphatic rings. The first kappa shape index (κ1) is 19.5. The number of carbonyl (C=O) groups is 1. The molecule has 0 radical (unpaired) electrons. The third-order valence-electron chi connectivity index (χ3n) is 6.28. The zero-order valence-corrected chi connectivity index (χ0v) is 17.3. The summed E-state index contributed by atoms with van der Waals surface area (Å²) in [6.45, 7) is 4.60. The van der Waals surface area contributed by atoms with Crippen LogP contribution >= 0.6 is 0 Å². The highest BCUT2D eigenvalue weighted by molar-refractivity contribution is 5.97. The summed E-state index contributed by atoms with van der Waals surface area (Å²) in [5.41, 5.74) is 4.48. The molecule has 158 valence electrons. The van der Waals surface area contributed by atoms with Crippen molar-refractivity contribution in [3.05, 3.63) is 51.2 Å². The van der Waals surface area contributed by atoms with Gasteiger partial charge in [0.25, 0.3) is 0 Å². The molecule has 5 rings (SSSR count). The summed E-state index contributed by atoms with van der Waals surface area (Å²) >= 11 is 0. The highest BCUT2D eigenvalue weighted by Gasteiger charge is 2.27. The quantitative estimate of drug-likeness (QED) is 0.686. The van der Waals surface area contributed by atoms with Crippen LogP contribution in [-0.4, -0.2) is 42.9 Å². The third-order valence-corrected chi connectivity index (χ3v) is 6.28. The molecule has 2 fully saturated rings. The lowest BCUT2D eigenvalue weighted by atomic mass is 9.91. The van der Waals surface area contributed by atoms with Crippen LogP contribution in [0.3, 0.4) is 0 Å². The topological polar surface area (TPSA) is 66.8 Å². The van der Waals surface area contributed by atoms with Gasteiger partial charge in [0, 0.05) is 35.7 Å². The second kappa shape index (κ2) is 8.00. The number of Topliss-reactive ketones (excluding diaryl/α,β-unsaturated/α-hetero) is 1. The summed E-state index contributed by atoms with van der Waals surface area (Å²) in [6, 6.07) is 7.49. The maximum atomic E-state index is 12.7. The molecule has 1 atom stereocenters. The Morgan fingerprint density at radius 1 is 1.23 bits per heavy atom. The number of carbonyl (C=O) groups excluding carboxylic acids is 1. The van der Waals surface area contributed by atoms with Crippen LogP contribution in [0.25, 0.3) is 11.3 Å². The Morgan fingerprint density at radius 2 is 2.10 bits per heavy atom. The largest absolute Gasteiger partial charge is 0.476 e. The molecule has 1 aromatic heterocycles. The van der Waals surface area contributed by atoms with Crippen molar-refractivity contribution in [2.75, 3.05) is 26.4 Å². The van der Waals surface area contributed by atoms with E-state index in [2.05, 4.69) is 4.57 Å². The van der Waals surface area contributed by atoms with E-state index in [9.17, 15) is 9.59 Å². The van der Waals surface area contributed by atoms with Gasteiger partial charge in [-0.2, -0.15) is 0 Å². The molecule has 30 heavy (non-hydrogen) atoms. The highest BCUT2D eigenvalue weighted by Crippen LogP contribution is 2.36. The predicted molar refractivity (Wildman–Crippen MR) is 112 cm³/mol. The summed E-state index contributed by atoms with van der Waals surface area (Å²) in [4.78, 5) is 25.2. The molecule has 0 bridgehead atoms. The summed E-state index contributed by atoms with van der Waals surface area (Å²) in [7, 11) is 0. The number of nitrogens with zero attached hydrogens (tertiary/aromatic N) is 1. The van der Waals surface area contributed by atoms with Crippen LogP contribution < -0.4 is 10.2 Å². The van der Waals surface area contributed by atoms with Crippen molar-refractivity contribution in [2.45, 2.75) is 45.3 Å². The number of hydrogen-bond acceptors (Lipinski definition) is 5. The average molecular weight is 409 g/mol. The van der Waals surface area contributed by atoms with Crippen LogP contribution in [0.4, 0.5) is 0 Å². The third kappa shape index (κ3) is 3.82. The zero-order valence-electron chi connectivity index (χ0n) is 17.3. The summed E-state index contributed by atoms with van der Waals surface area (Å²) < 4.78 is 19.2. The van der Waals surface area contributed by atoms with Gasteiger partial charge < -0.3 is 18.8 Å². The van der Waals surface area contributed by atoms with Gasteiger partial charge in [0.05, 0.1) is 25.5 Å². The van der Waals surface area contributed by atoms with E-state index in [0.717, 1.165) is 28.8 Å². The van der Waals surface area contributed by atoms with Crippen LogP contribution in [0.5, 0.6) is 5.88 Å². The van der Waals surface area contributed by atoms with E-state index in [4.69, 9.17) is 14.2 Å². The number of aryl methyl sites for hydroxylation is 1. The molecule has 0 unspecified atom stereocenters. The van der Waals surface area contributed by atoms with E-state index >= 15 is 0 Å². The number of hydrogen-bond donors (Lipinski definition) is 0. The molecule has 2 aromatic rings. The second-order valence-electron chi connectivity index (χ2n) is 8.54. The van der Waals surface area contributed by atoms with Gasteiger partial charge in [-0.1, -0.05) is 12.1 Å². The molecule has 2 aliphatic heterocycles. The Hall–Kier alpha value is -2.44. The molecule has 6 heteroatoms. The van der Waals surface area contributed by atoms with Gasteiger partial charge in [-0.3, -0.25) is 9.59 Å². The Morgan fingerprint density at radius 3 is 2.87 bits per heavy atom. The van der Waals surface area contributed by atoms with E-state index in [1.165, 1.54) is 12.8 Å². The van der Waals surface area contributed by atoms with E-state index in [1.54, 1.807) is 6.07 Å². The lowest BCUT2D eigenvalue weighted by Gasteiger charge is -2.28. The standard InChI is InChI=1S/C24H27NO5/c1-15-21(26)12-23(30-14-19-13-28-8-9-29-19)25-7-6-17-11-18(4-5-20(17)24(15)25)22(27)10-16-2-3-16/h4-5,11-12,16,19H,2-3,6-10,13-14H2,1H3/t19-/m0/s1.